The number of primary amides is 1. The molecule has 1 aromatic carbocycles. The third-order valence-corrected chi connectivity index (χ3v) is 3.58. The highest BCUT2D eigenvalue weighted by Crippen LogP contribution is 2.25. The molecule has 2 rings (SSSR count). The average Bonchev–Trinajstić information content (AvgIpc) is 2.91. The number of halogens is 1. The topological polar surface area (TPSA) is 81.9 Å². The Hall–Kier alpha value is -2.15. The number of amides is 2. The number of ether oxygens (including phenoxy) is 2. The normalized spacial score (nSPS) is 21.4. The number of carbonyl (C=O) groups is 2. The van der Waals surface area contributed by atoms with Gasteiger partial charge in [0.1, 0.15) is 6.04 Å². The van der Waals surface area contributed by atoms with Crippen LogP contribution in [0.5, 0.6) is 5.75 Å². The minimum atomic E-state index is -0.724. The van der Waals surface area contributed by atoms with Gasteiger partial charge in [-0.3, -0.25) is 9.59 Å². The van der Waals surface area contributed by atoms with E-state index < -0.39 is 23.7 Å². The van der Waals surface area contributed by atoms with Crippen LogP contribution in [-0.4, -0.2) is 49.6 Å². The number of nitrogens with two attached hydrogens (primary N) is 1. The van der Waals surface area contributed by atoms with Gasteiger partial charge in [-0.15, -0.1) is 0 Å². The number of rotatable bonds is 4. The van der Waals surface area contributed by atoms with E-state index in [-0.39, 0.29) is 24.0 Å². The van der Waals surface area contributed by atoms with Gasteiger partial charge in [0.15, 0.2) is 11.6 Å². The van der Waals surface area contributed by atoms with Gasteiger partial charge in [0.05, 0.1) is 13.2 Å². The van der Waals surface area contributed by atoms with Crippen LogP contribution in [0.4, 0.5) is 4.39 Å². The van der Waals surface area contributed by atoms with Crippen LogP contribution in [0.15, 0.2) is 18.2 Å². The first-order valence-electron chi connectivity index (χ1n) is 6.44. The van der Waals surface area contributed by atoms with E-state index in [1.54, 1.807) is 0 Å². The molecule has 0 unspecified atom stereocenters. The van der Waals surface area contributed by atoms with Crippen molar-refractivity contribution in [3.8, 4) is 5.75 Å². The van der Waals surface area contributed by atoms with E-state index in [1.807, 2.05) is 0 Å². The van der Waals surface area contributed by atoms with Crippen LogP contribution in [-0.2, 0) is 9.53 Å². The molecule has 114 valence electrons. The number of carbonyl (C=O) groups excluding carboxylic acids is 2. The Morgan fingerprint density at radius 3 is 2.67 bits per heavy atom. The quantitative estimate of drug-likeness (QED) is 0.879. The molecule has 0 radical (unpaired) electrons. The standard InChI is InChI=1S/C14H17FN2O4/c1-20-9-6-11(13(16)18)17(7-9)14(19)8-3-4-10(15)12(5-8)21-2/h3-5,9,11H,6-7H2,1-2H3,(H2,16,18)/t9-,11-/m0/s1. The lowest BCUT2D eigenvalue weighted by Gasteiger charge is -2.22. The van der Waals surface area contributed by atoms with E-state index in [4.69, 9.17) is 15.2 Å². The summed E-state index contributed by atoms with van der Waals surface area (Å²) in [5.41, 5.74) is 5.56. The van der Waals surface area contributed by atoms with E-state index in [0.29, 0.717) is 6.42 Å². The van der Waals surface area contributed by atoms with Crippen LogP contribution in [0, 0.1) is 5.82 Å². The summed E-state index contributed by atoms with van der Waals surface area (Å²) >= 11 is 0. The fraction of sp³-hybridized carbons (Fsp3) is 0.429. The first kappa shape index (κ1) is 15.2. The summed E-state index contributed by atoms with van der Waals surface area (Å²) in [5.74, 6) is -1.58. The molecule has 0 spiro atoms. The molecule has 1 fully saturated rings. The van der Waals surface area contributed by atoms with E-state index in [0.717, 1.165) is 6.07 Å². The second-order valence-electron chi connectivity index (χ2n) is 4.82. The Balaban J connectivity index is 2.27. The average molecular weight is 296 g/mol. The SMILES string of the molecule is COc1cc(C(=O)N2C[C@@H](OC)C[C@H]2C(N)=O)ccc1F. The molecule has 1 aliphatic rings. The molecule has 0 saturated carbocycles. The Kier molecular flexibility index (Phi) is 4.42. The molecule has 2 amide bonds. The van der Waals surface area contributed by atoms with Crippen molar-refractivity contribution in [1.29, 1.82) is 0 Å². The predicted molar refractivity (Wildman–Crippen MR) is 72.4 cm³/mol. The lowest BCUT2D eigenvalue weighted by molar-refractivity contribution is -0.121. The van der Waals surface area contributed by atoms with Crippen LogP contribution in [0.25, 0.3) is 0 Å². The second-order valence-corrected chi connectivity index (χ2v) is 4.82. The van der Waals surface area contributed by atoms with Gasteiger partial charge < -0.3 is 20.1 Å². The molecule has 2 N–H and O–H groups in total. The van der Waals surface area contributed by atoms with Gasteiger partial charge in [-0.05, 0) is 18.2 Å². The van der Waals surface area contributed by atoms with Gasteiger partial charge in [-0.1, -0.05) is 0 Å². The van der Waals surface area contributed by atoms with Crippen molar-refractivity contribution in [3.05, 3.63) is 29.6 Å². The summed E-state index contributed by atoms with van der Waals surface area (Å²) in [6, 6.07) is 3.07. The molecular weight excluding hydrogens is 279 g/mol. The fourth-order valence-corrected chi connectivity index (χ4v) is 2.42. The van der Waals surface area contributed by atoms with Crippen molar-refractivity contribution in [2.75, 3.05) is 20.8 Å². The van der Waals surface area contributed by atoms with Crippen LogP contribution in [0.2, 0.25) is 0 Å². The maximum absolute atomic E-state index is 13.4. The minimum absolute atomic E-state index is 0.0287. The largest absolute Gasteiger partial charge is 0.494 e. The van der Waals surface area contributed by atoms with Gasteiger partial charge in [-0.2, -0.15) is 0 Å². The highest BCUT2D eigenvalue weighted by molar-refractivity contribution is 5.98. The maximum Gasteiger partial charge on any atom is 0.254 e. The van der Waals surface area contributed by atoms with Crippen LogP contribution in [0.1, 0.15) is 16.8 Å². The molecular formula is C14H17FN2O4. The molecule has 1 saturated heterocycles. The Bertz CT molecular complexity index is 564. The third-order valence-electron chi connectivity index (χ3n) is 3.58. The van der Waals surface area contributed by atoms with E-state index in [2.05, 4.69) is 0 Å². The summed E-state index contributed by atoms with van der Waals surface area (Å²) in [6.07, 6.45) is 0.115. The molecule has 1 aromatic rings. The third kappa shape index (κ3) is 2.97. The predicted octanol–water partition coefficient (Wildman–Crippen LogP) is 0.549. The van der Waals surface area contributed by atoms with Gasteiger partial charge in [0.25, 0.3) is 5.91 Å². The molecule has 6 nitrogen and oxygen atoms in total. The molecule has 1 heterocycles. The Morgan fingerprint density at radius 1 is 1.38 bits per heavy atom. The van der Waals surface area contributed by atoms with Gasteiger partial charge in [-0.25, -0.2) is 4.39 Å². The van der Waals surface area contributed by atoms with Crippen molar-refractivity contribution in [2.24, 2.45) is 5.73 Å². The van der Waals surface area contributed by atoms with Crippen molar-refractivity contribution in [3.63, 3.8) is 0 Å². The van der Waals surface area contributed by atoms with E-state index in [9.17, 15) is 14.0 Å². The summed E-state index contributed by atoms with van der Waals surface area (Å²) in [4.78, 5) is 25.3. The molecule has 0 aliphatic carbocycles. The van der Waals surface area contributed by atoms with Crippen molar-refractivity contribution >= 4 is 11.8 Å². The number of hydrogen-bond donors (Lipinski definition) is 1. The molecule has 21 heavy (non-hydrogen) atoms. The molecule has 1 aliphatic heterocycles. The number of methoxy groups -OCH3 is 2. The summed E-state index contributed by atoms with van der Waals surface area (Å²) in [6.45, 7) is 0.266. The highest BCUT2D eigenvalue weighted by atomic mass is 19.1. The second kappa shape index (κ2) is 6.09. The van der Waals surface area contributed by atoms with Crippen molar-refractivity contribution < 1.29 is 23.5 Å². The van der Waals surface area contributed by atoms with Crippen molar-refractivity contribution in [1.82, 2.24) is 4.90 Å². The Labute approximate surface area is 121 Å². The zero-order chi connectivity index (χ0) is 15.6. The van der Waals surface area contributed by atoms with E-state index >= 15 is 0 Å². The van der Waals surface area contributed by atoms with E-state index in [1.165, 1.54) is 31.3 Å². The van der Waals surface area contributed by atoms with Crippen LogP contribution in [0.3, 0.4) is 0 Å². The minimum Gasteiger partial charge on any atom is -0.494 e. The molecule has 0 bridgehead atoms. The zero-order valence-corrected chi connectivity index (χ0v) is 11.8. The number of nitrogens with zero attached hydrogens (tertiary/aromatic N) is 1. The van der Waals surface area contributed by atoms with Crippen LogP contribution >= 0.6 is 0 Å². The first-order valence-corrected chi connectivity index (χ1v) is 6.44. The summed E-state index contributed by atoms with van der Waals surface area (Å²) in [5, 5.41) is 0. The lowest BCUT2D eigenvalue weighted by atomic mass is 10.1. The number of hydrogen-bond acceptors (Lipinski definition) is 4. The molecule has 7 heteroatoms. The monoisotopic (exact) mass is 296 g/mol. The maximum atomic E-state index is 13.4. The Morgan fingerprint density at radius 2 is 2.10 bits per heavy atom. The van der Waals surface area contributed by atoms with Gasteiger partial charge >= 0.3 is 0 Å². The number of benzene rings is 1. The summed E-state index contributed by atoms with van der Waals surface area (Å²) < 4.78 is 23.4. The van der Waals surface area contributed by atoms with Crippen molar-refractivity contribution in [2.45, 2.75) is 18.6 Å². The molecule has 0 aromatic heterocycles. The highest BCUT2D eigenvalue weighted by Gasteiger charge is 2.39. The lowest BCUT2D eigenvalue weighted by Crippen LogP contribution is -2.43. The smallest absolute Gasteiger partial charge is 0.254 e. The fourth-order valence-electron chi connectivity index (χ4n) is 2.42. The zero-order valence-electron chi connectivity index (χ0n) is 11.8. The van der Waals surface area contributed by atoms with Gasteiger partial charge in [0, 0.05) is 25.6 Å². The first-order chi connectivity index (χ1) is 9.97. The number of likely N-dealkylation sites (tertiary alicyclic amines) is 1. The van der Waals surface area contributed by atoms with Crippen LogP contribution < -0.4 is 10.5 Å². The summed E-state index contributed by atoms with van der Waals surface area (Å²) in [7, 11) is 2.83. The van der Waals surface area contributed by atoms with Gasteiger partial charge in [0.2, 0.25) is 5.91 Å². The molecule has 2 atom stereocenters.